The number of furan rings is 1. The van der Waals surface area contributed by atoms with Crippen LogP contribution in [0, 0.1) is 6.92 Å². The molecule has 1 aromatic heterocycles. The molecular weight excluding hydrogens is 308 g/mol. The molecule has 2 heteroatoms. The van der Waals surface area contributed by atoms with E-state index in [9.17, 15) is 4.79 Å². The Morgan fingerprint density at radius 3 is 2.36 bits per heavy atom. The molecule has 0 bridgehead atoms. The lowest BCUT2D eigenvalue weighted by atomic mass is 10.0. The molecule has 0 aliphatic heterocycles. The molecule has 0 unspecified atom stereocenters. The monoisotopic (exact) mass is 326 g/mol. The van der Waals surface area contributed by atoms with Gasteiger partial charge in [-0.15, -0.1) is 0 Å². The number of ketones is 1. The predicted molar refractivity (Wildman–Crippen MR) is 100 cm³/mol. The third-order valence-corrected chi connectivity index (χ3v) is 4.44. The van der Waals surface area contributed by atoms with Crippen molar-refractivity contribution in [1.82, 2.24) is 0 Å². The molecule has 4 rings (SSSR count). The van der Waals surface area contributed by atoms with Gasteiger partial charge in [-0.05, 0) is 29.3 Å². The minimum Gasteiger partial charge on any atom is -0.465 e. The molecule has 0 aliphatic carbocycles. The maximum Gasteiger partial charge on any atom is 0.196 e. The van der Waals surface area contributed by atoms with Crippen LogP contribution in [0.5, 0.6) is 0 Å². The van der Waals surface area contributed by atoms with Gasteiger partial charge in [0, 0.05) is 12.0 Å². The summed E-state index contributed by atoms with van der Waals surface area (Å²) in [6, 6.07) is 25.9. The number of hydrogen-bond acceptors (Lipinski definition) is 2. The zero-order valence-corrected chi connectivity index (χ0v) is 14.0. The Morgan fingerprint density at radius 2 is 1.56 bits per heavy atom. The molecule has 0 aliphatic rings. The van der Waals surface area contributed by atoms with Crippen molar-refractivity contribution in [2.75, 3.05) is 0 Å². The Labute approximate surface area is 146 Å². The van der Waals surface area contributed by atoms with E-state index in [-0.39, 0.29) is 5.78 Å². The Bertz CT molecular complexity index is 1040. The molecule has 2 nitrogen and oxygen atoms in total. The molecule has 25 heavy (non-hydrogen) atoms. The molecule has 1 heterocycles. The molecule has 3 aromatic carbocycles. The van der Waals surface area contributed by atoms with Gasteiger partial charge < -0.3 is 4.42 Å². The Morgan fingerprint density at radius 1 is 0.840 bits per heavy atom. The summed E-state index contributed by atoms with van der Waals surface area (Å²) in [6.07, 6.45) is 0.674. The fourth-order valence-corrected chi connectivity index (χ4v) is 3.15. The summed E-state index contributed by atoms with van der Waals surface area (Å²) in [6.45, 7) is 1.85. The SMILES string of the molecule is Cc1oc(Cc2ccc3ccccc3c2)cc1C(=O)c1ccccc1. The lowest BCUT2D eigenvalue weighted by Crippen LogP contribution is -2.00. The zero-order valence-electron chi connectivity index (χ0n) is 14.0. The fraction of sp³-hybridized carbons (Fsp3) is 0.0870. The quantitative estimate of drug-likeness (QED) is 0.459. The van der Waals surface area contributed by atoms with Crippen LogP contribution in [0.1, 0.15) is 33.0 Å². The summed E-state index contributed by atoms with van der Waals surface area (Å²) in [7, 11) is 0. The number of hydrogen-bond donors (Lipinski definition) is 0. The van der Waals surface area contributed by atoms with E-state index in [0.29, 0.717) is 23.3 Å². The number of carbonyl (C=O) groups is 1. The number of carbonyl (C=O) groups excluding carboxylic acids is 1. The Hall–Kier alpha value is -3.13. The summed E-state index contributed by atoms with van der Waals surface area (Å²) in [4.78, 5) is 12.6. The third kappa shape index (κ3) is 3.11. The maximum atomic E-state index is 12.6. The van der Waals surface area contributed by atoms with Crippen molar-refractivity contribution >= 4 is 16.6 Å². The van der Waals surface area contributed by atoms with Gasteiger partial charge in [-0.2, -0.15) is 0 Å². The van der Waals surface area contributed by atoms with E-state index in [1.807, 2.05) is 55.5 Å². The molecule has 0 atom stereocenters. The minimum atomic E-state index is 0.00612. The summed E-state index contributed by atoms with van der Waals surface area (Å²) in [5, 5.41) is 2.44. The molecule has 0 N–H and O–H groups in total. The molecule has 0 radical (unpaired) electrons. The highest BCUT2D eigenvalue weighted by Gasteiger charge is 2.16. The van der Waals surface area contributed by atoms with E-state index in [2.05, 4.69) is 30.3 Å². The van der Waals surface area contributed by atoms with Gasteiger partial charge in [0.25, 0.3) is 0 Å². The van der Waals surface area contributed by atoms with E-state index in [1.165, 1.54) is 16.3 Å². The molecule has 0 amide bonds. The molecule has 0 spiro atoms. The molecule has 0 saturated heterocycles. The lowest BCUT2D eigenvalue weighted by molar-refractivity contribution is 0.103. The minimum absolute atomic E-state index is 0.00612. The van der Waals surface area contributed by atoms with Crippen molar-refractivity contribution in [3.05, 3.63) is 107 Å². The number of aryl methyl sites for hydroxylation is 1. The first-order valence-electron chi connectivity index (χ1n) is 8.37. The van der Waals surface area contributed by atoms with Crippen LogP contribution >= 0.6 is 0 Å². The average molecular weight is 326 g/mol. The summed E-state index contributed by atoms with van der Waals surface area (Å²) in [5.74, 6) is 1.49. The van der Waals surface area contributed by atoms with Gasteiger partial charge >= 0.3 is 0 Å². The van der Waals surface area contributed by atoms with Crippen molar-refractivity contribution in [2.24, 2.45) is 0 Å². The standard InChI is InChI=1S/C23H18O2/c1-16-22(23(24)19-8-3-2-4-9-19)15-21(25-16)14-17-11-12-18-7-5-6-10-20(18)13-17/h2-13,15H,14H2,1H3. The van der Waals surface area contributed by atoms with Crippen molar-refractivity contribution in [1.29, 1.82) is 0 Å². The highest BCUT2D eigenvalue weighted by Crippen LogP contribution is 2.23. The Balaban J connectivity index is 1.62. The highest BCUT2D eigenvalue weighted by atomic mass is 16.3. The van der Waals surface area contributed by atoms with Crippen LogP contribution in [-0.2, 0) is 6.42 Å². The van der Waals surface area contributed by atoms with Gasteiger partial charge in [0.05, 0.1) is 5.56 Å². The number of benzene rings is 3. The molecular formula is C23H18O2. The van der Waals surface area contributed by atoms with Crippen LogP contribution < -0.4 is 0 Å². The zero-order chi connectivity index (χ0) is 17.2. The number of rotatable bonds is 4. The van der Waals surface area contributed by atoms with Gasteiger partial charge in [0.1, 0.15) is 11.5 Å². The van der Waals surface area contributed by atoms with Gasteiger partial charge in [-0.25, -0.2) is 0 Å². The normalized spacial score (nSPS) is 10.9. The van der Waals surface area contributed by atoms with Crippen LogP contribution in [0.25, 0.3) is 10.8 Å². The van der Waals surface area contributed by atoms with Crippen LogP contribution in [-0.4, -0.2) is 5.78 Å². The van der Waals surface area contributed by atoms with Gasteiger partial charge in [0.15, 0.2) is 5.78 Å². The van der Waals surface area contributed by atoms with Crippen LogP contribution in [0.4, 0.5) is 0 Å². The van der Waals surface area contributed by atoms with Crippen LogP contribution in [0.15, 0.2) is 83.3 Å². The van der Waals surface area contributed by atoms with E-state index in [0.717, 1.165) is 5.76 Å². The van der Waals surface area contributed by atoms with Crippen LogP contribution in [0.3, 0.4) is 0 Å². The largest absolute Gasteiger partial charge is 0.465 e. The smallest absolute Gasteiger partial charge is 0.196 e. The molecule has 4 aromatic rings. The van der Waals surface area contributed by atoms with E-state index >= 15 is 0 Å². The molecule has 0 fully saturated rings. The summed E-state index contributed by atoms with van der Waals surface area (Å²) in [5.41, 5.74) is 2.50. The van der Waals surface area contributed by atoms with Gasteiger partial charge in [-0.3, -0.25) is 4.79 Å². The number of fused-ring (bicyclic) bond motifs is 1. The third-order valence-electron chi connectivity index (χ3n) is 4.44. The molecule has 122 valence electrons. The first-order chi connectivity index (χ1) is 12.2. The second kappa shape index (κ2) is 6.40. The summed E-state index contributed by atoms with van der Waals surface area (Å²) >= 11 is 0. The van der Waals surface area contributed by atoms with Gasteiger partial charge in [0.2, 0.25) is 0 Å². The van der Waals surface area contributed by atoms with Crippen molar-refractivity contribution in [2.45, 2.75) is 13.3 Å². The average Bonchev–Trinajstić information content (AvgIpc) is 3.02. The maximum absolute atomic E-state index is 12.6. The fourth-order valence-electron chi connectivity index (χ4n) is 3.15. The lowest BCUT2D eigenvalue weighted by Gasteiger charge is -2.02. The van der Waals surface area contributed by atoms with Gasteiger partial charge in [-0.1, -0.05) is 72.8 Å². The van der Waals surface area contributed by atoms with Crippen molar-refractivity contribution in [3.63, 3.8) is 0 Å². The second-order valence-corrected chi connectivity index (χ2v) is 6.24. The second-order valence-electron chi connectivity index (χ2n) is 6.24. The topological polar surface area (TPSA) is 30.2 Å². The predicted octanol–water partition coefficient (Wildman–Crippen LogP) is 5.56. The van der Waals surface area contributed by atoms with E-state index < -0.39 is 0 Å². The van der Waals surface area contributed by atoms with E-state index in [4.69, 9.17) is 4.42 Å². The van der Waals surface area contributed by atoms with Crippen molar-refractivity contribution in [3.8, 4) is 0 Å². The first kappa shape index (κ1) is 15.4. The molecule has 0 saturated carbocycles. The highest BCUT2D eigenvalue weighted by molar-refractivity contribution is 6.09. The van der Waals surface area contributed by atoms with E-state index in [1.54, 1.807) is 0 Å². The summed E-state index contributed by atoms with van der Waals surface area (Å²) < 4.78 is 5.85. The van der Waals surface area contributed by atoms with Crippen molar-refractivity contribution < 1.29 is 9.21 Å². The first-order valence-corrected chi connectivity index (χ1v) is 8.37. The van der Waals surface area contributed by atoms with Crippen LogP contribution in [0.2, 0.25) is 0 Å². The Kier molecular flexibility index (Phi) is 3.95.